The number of halogens is 3. The monoisotopic (exact) mass is 451 g/mol. The third-order valence-corrected chi connectivity index (χ3v) is 4.79. The SMILES string of the molecule is Cc1ccc(-c2noc(CCC(=O)NCCCOc3ccc(Cl)cc3Cl)n2)cc1F. The molecular formula is C21H20Cl2FN3O3. The molecule has 1 N–H and O–H groups in total. The highest BCUT2D eigenvalue weighted by Gasteiger charge is 2.12. The van der Waals surface area contributed by atoms with E-state index in [1.807, 2.05) is 0 Å². The molecule has 9 heteroatoms. The van der Waals surface area contributed by atoms with Gasteiger partial charge in [-0.25, -0.2) is 4.39 Å². The maximum absolute atomic E-state index is 13.7. The van der Waals surface area contributed by atoms with Crippen molar-refractivity contribution in [1.82, 2.24) is 15.5 Å². The fourth-order valence-corrected chi connectivity index (χ4v) is 3.05. The average Bonchev–Trinajstić information content (AvgIpc) is 3.19. The minimum absolute atomic E-state index is 0.138. The summed E-state index contributed by atoms with van der Waals surface area (Å²) < 4.78 is 24.4. The molecule has 0 atom stereocenters. The minimum atomic E-state index is -0.333. The molecule has 0 radical (unpaired) electrons. The predicted molar refractivity (Wildman–Crippen MR) is 112 cm³/mol. The van der Waals surface area contributed by atoms with Crippen LogP contribution in [-0.2, 0) is 11.2 Å². The van der Waals surface area contributed by atoms with Crippen LogP contribution in [0.1, 0.15) is 24.3 Å². The van der Waals surface area contributed by atoms with Crippen molar-refractivity contribution in [2.45, 2.75) is 26.2 Å². The molecule has 1 aromatic heterocycles. The Morgan fingerprint density at radius 1 is 1.23 bits per heavy atom. The van der Waals surface area contributed by atoms with Gasteiger partial charge in [0.15, 0.2) is 0 Å². The van der Waals surface area contributed by atoms with Gasteiger partial charge in [0.25, 0.3) is 0 Å². The number of carbonyl (C=O) groups is 1. The van der Waals surface area contributed by atoms with Crippen LogP contribution in [0.3, 0.4) is 0 Å². The van der Waals surface area contributed by atoms with E-state index in [1.54, 1.807) is 37.3 Å². The van der Waals surface area contributed by atoms with Crippen molar-refractivity contribution in [3.63, 3.8) is 0 Å². The zero-order valence-corrected chi connectivity index (χ0v) is 17.8. The predicted octanol–water partition coefficient (Wildman–Crippen LogP) is 5.01. The summed E-state index contributed by atoms with van der Waals surface area (Å²) in [5.74, 6) is 0.693. The molecule has 1 amide bonds. The van der Waals surface area contributed by atoms with E-state index in [1.165, 1.54) is 6.07 Å². The topological polar surface area (TPSA) is 77.2 Å². The summed E-state index contributed by atoms with van der Waals surface area (Å²) in [6.07, 6.45) is 1.12. The van der Waals surface area contributed by atoms with E-state index in [0.717, 1.165) is 0 Å². The molecule has 30 heavy (non-hydrogen) atoms. The fourth-order valence-electron chi connectivity index (χ4n) is 2.59. The maximum atomic E-state index is 13.7. The molecule has 0 fully saturated rings. The smallest absolute Gasteiger partial charge is 0.227 e. The molecule has 0 aliphatic heterocycles. The molecule has 0 spiro atoms. The summed E-state index contributed by atoms with van der Waals surface area (Å²) in [6.45, 7) is 2.54. The molecule has 0 saturated carbocycles. The van der Waals surface area contributed by atoms with Gasteiger partial charge in [-0.15, -0.1) is 0 Å². The second-order valence-electron chi connectivity index (χ2n) is 6.60. The van der Waals surface area contributed by atoms with Gasteiger partial charge >= 0.3 is 0 Å². The van der Waals surface area contributed by atoms with E-state index in [-0.39, 0.29) is 18.1 Å². The van der Waals surface area contributed by atoms with E-state index in [2.05, 4.69) is 15.5 Å². The Bertz CT molecular complexity index is 1030. The second kappa shape index (κ2) is 10.4. The van der Waals surface area contributed by atoms with Crippen LogP contribution in [0, 0.1) is 12.7 Å². The first kappa shape index (κ1) is 22.1. The summed E-state index contributed by atoms with van der Waals surface area (Å²) in [6, 6.07) is 9.74. The summed E-state index contributed by atoms with van der Waals surface area (Å²) >= 11 is 11.9. The van der Waals surface area contributed by atoms with Crippen LogP contribution in [-0.4, -0.2) is 29.2 Å². The number of nitrogens with zero attached hydrogens (tertiary/aromatic N) is 2. The van der Waals surface area contributed by atoms with Crippen LogP contribution in [0.4, 0.5) is 4.39 Å². The molecule has 0 aliphatic carbocycles. The van der Waals surface area contributed by atoms with Gasteiger partial charge in [-0.1, -0.05) is 40.5 Å². The zero-order chi connectivity index (χ0) is 21.5. The third-order valence-electron chi connectivity index (χ3n) is 4.26. The van der Waals surface area contributed by atoms with Crippen LogP contribution >= 0.6 is 23.2 Å². The third kappa shape index (κ3) is 6.18. The van der Waals surface area contributed by atoms with Crippen molar-refractivity contribution in [2.75, 3.05) is 13.2 Å². The first-order chi connectivity index (χ1) is 14.4. The van der Waals surface area contributed by atoms with Gasteiger partial charge < -0.3 is 14.6 Å². The molecule has 3 rings (SSSR count). The lowest BCUT2D eigenvalue weighted by molar-refractivity contribution is -0.121. The zero-order valence-electron chi connectivity index (χ0n) is 16.3. The van der Waals surface area contributed by atoms with Gasteiger partial charge in [0.05, 0.1) is 11.6 Å². The number of hydrogen-bond donors (Lipinski definition) is 1. The quantitative estimate of drug-likeness (QED) is 0.462. The molecule has 158 valence electrons. The van der Waals surface area contributed by atoms with Crippen LogP contribution in [0.15, 0.2) is 40.9 Å². The number of amides is 1. The van der Waals surface area contributed by atoms with Crippen molar-refractivity contribution in [3.05, 3.63) is 63.7 Å². The lowest BCUT2D eigenvalue weighted by atomic mass is 10.1. The second-order valence-corrected chi connectivity index (χ2v) is 7.45. The van der Waals surface area contributed by atoms with Crippen molar-refractivity contribution < 1.29 is 18.4 Å². The molecule has 0 aliphatic rings. The molecule has 0 saturated heterocycles. The number of hydrogen-bond acceptors (Lipinski definition) is 5. The van der Waals surface area contributed by atoms with E-state index in [4.69, 9.17) is 32.5 Å². The normalized spacial score (nSPS) is 10.8. The molecule has 0 bridgehead atoms. The molecule has 1 heterocycles. The first-order valence-corrected chi connectivity index (χ1v) is 10.1. The molecule has 2 aromatic carbocycles. The highest BCUT2D eigenvalue weighted by molar-refractivity contribution is 6.35. The lowest BCUT2D eigenvalue weighted by Gasteiger charge is -2.08. The number of rotatable bonds is 9. The van der Waals surface area contributed by atoms with Gasteiger partial charge in [0.1, 0.15) is 11.6 Å². The summed E-state index contributed by atoms with van der Waals surface area (Å²) in [7, 11) is 0. The number of ether oxygens (including phenoxy) is 1. The minimum Gasteiger partial charge on any atom is -0.492 e. The van der Waals surface area contributed by atoms with Crippen LogP contribution in [0.5, 0.6) is 5.75 Å². The number of benzene rings is 2. The molecule has 0 unspecified atom stereocenters. The number of aromatic nitrogens is 2. The summed E-state index contributed by atoms with van der Waals surface area (Å²) in [5, 5.41) is 7.63. The van der Waals surface area contributed by atoms with Gasteiger partial charge in [-0.05, 0) is 43.2 Å². The standard InChI is InChI=1S/C21H20Cl2FN3O3/c1-13-3-4-14(11-17(13)24)21-26-20(30-27-21)8-7-19(28)25-9-2-10-29-18-6-5-15(22)12-16(18)23/h3-6,11-12H,2,7-10H2,1H3,(H,25,28). The van der Waals surface area contributed by atoms with E-state index >= 15 is 0 Å². The van der Waals surface area contributed by atoms with Crippen molar-refractivity contribution in [3.8, 4) is 17.1 Å². The summed E-state index contributed by atoms with van der Waals surface area (Å²) in [5.41, 5.74) is 1.07. The van der Waals surface area contributed by atoms with Gasteiger partial charge in [-0.3, -0.25) is 4.79 Å². The van der Waals surface area contributed by atoms with E-state index in [0.29, 0.717) is 64.6 Å². The van der Waals surface area contributed by atoms with E-state index in [9.17, 15) is 9.18 Å². The first-order valence-electron chi connectivity index (χ1n) is 9.36. The summed E-state index contributed by atoms with van der Waals surface area (Å²) in [4.78, 5) is 16.2. The van der Waals surface area contributed by atoms with Crippen molar-refractivity contribution >= 4 is 29.1 Å². The van der Waals surface area contributed by atoms with Gasteiger partial charge in [-0.2, -0.15) is 4.98 Å². The maximum Gasteiger partial charge on any atom is 0.227 e. The molecule has 3 aromatic rings. The number of nitrogens with one attached hydrogen (secondary N) is 1. The van der Waals surface area contributed by atoms with Crippen molar-refractivity contribution in [1.29, 1.82) is 0 Å². The Labute approximate surface area is 183 Å². The Hall–Kier alpha value is -2.64. The lowest BCUT2D eigenvalue weighted by Crippen LogP contribution is -2.25. The fraction of sp³-hybridized carbons (Fsp3) is 0.286. The van der Waals surface area contributed by atoms with E-state index < -0.39 is 0 Å². The molecular weight excluding hydrogens is 432 g/mol. The average molecular weight is 452 g/mol. The van der Waals surface area contributed by atoms with Crippen LogP contribution < -0.4 is 10.1 Å². The Morgan fingerprint density at radius 2 is 2.07 bits per heavy atom. The number of aryl methyl sites for hydroxylation is 2. The number of carbonyl (C=O) groups excluding carboxylic acids is 1. The highest BCUT2D eigenvalue weighted by atomic mass is 35.5. The highest BCUT2D eigenvalue weighted by Crippen LogP contribution is 2.27. The van der Waals surface area contributed by atoms with Gasteiger partial charge in [0, 0.05) is 30.0 Å². The van der Waals surface area contributed by atoms with Gasteiger partial charge in [0.2, 0.25) is 17.6 Å². The van der Waals surface area contributed by atoms with Crippen LogP contribution in [0.25, 0.3) is 11.4 Å². The van der Waals surface area contributed by atoms with Crippen molar-refractivity contribution in [2.24, 2.45) is 0 Å². The Kier molecular flexibility index (Phi) is 7.65. The molecule has 6 nitrogen and oxygen atoms in total. The Balaban J connectivity index is 1.37. The Morgan fingerprint density at radius 3 is 2.83 bits per heavy atom. The van der Waals surface area contributed by atoms with Crippen LogP contribution in [0.2, 0.25) is 10.0 Å². The largest absolute Gasteiger partial charge is 0.492 e.